The lowest BCUT2D eigenvalue weighted by molar-refractivity contribution is -0.130. The molecule has 0 saturated heterocycles. The summed E-state index contributed by atoms with van der Waals surface area (Å²) >= 11 is 1.60. The van der Waals surface area contributed by atoms with E-state index in [0.29, 0.717) is 6.54 Å². The zero-order valence-electron chi connectivity index (χ0n) is 11.6. The number of carbonyl (C=O) groups excluding carboxylic acids is 1. The SMILES string of the molecule is CCN(CC(=O)N(C)C)Cc1ccc(C#CCO)s1. The van der Waals surface area contributed by atoms with Crippen molar-refractivity contribution in [2.24, 2.45) is 0 Å². The van der Waals surface area contributed by atoms with Gasteiger partial charge in [-0.2, -0.15) is 0 Å². The molecular formula is C14H20N2O2S. The van der Waals surface area contributed by atoms with Crippen molar-refractivity contribution >= 4 is 17.2 Å². The Morgan fingerprint density at radius 3 is 2.74 bits per heavy atom. The highest BCUT2D eigenvalue weighted by Gasteiger charge is 2.12. The highest BCUT2D eigenvalue weighted by Crippen LogP contribution is 2.17. The standard InChI is InChI=1S/C14H20N2O2S/c1-4-16(11-14(18)15(2)3)10-13-8-7-12(19-13)6-5-9-17/h7-8,17H,4,9-11H2,1-3H3. The van der Waals surface area contributed by atoms with Gasteiger partial charge in [0.1, 0.15) is 6.61 Å². The number of amides is 1. The first kappa shape index (κ1) is 15.7. The fourth-order valence-electron chi connectivity index (χ4n) is 1.49. The van der Waals surface area contributed by atoms with E-state index in [-0.39, 0.29) is 12.5 Å². The summed E-state index contributed by atoms with van der Waals surface area (Å²) in [6, 6.07) is 3.97. The summed E-state index contributed by atoms with van der Waals surface area (Å²) < 4.78 is 0. The Morgan fingerprint density at radius 2 is 2.16 bits per heavy atom. The molecule has 1 aromatic heterocycles. The van der Waals surface area contributed by atoms with Gasteiger partial charge in [0.15, 0.2) is 0 Å². The Bertz CT molecular complexity index is 471. The molecule has 0 aromatic carbocycles. The maximum absolute atomic E-state index is 11.7. The lowest BCUT2D eigenvalue weighted by Crippen LogP contribution is -2.36. The molecule has 1 N–H and O–H groups in total. The van der Waals surface area contributed by atoms with E-state index in [4.69, 9.17) is 5.11 Å². The van der Waals surface area contributed by atoms with E-state index < -0.39 is 0 Å². The highest BCUT2D eigenvalue weighted by molar-refractivity contribution is 7.12. The van der Waals surface area contributed by atoms with Crippen LogP contribution < -0.4 is 0 Å². The van der Waals surface area contributed by atoms with Crippen molar-refractivity contribution in [1.82, 2.24) is 9.80 Å². The monoisotopic (exact) mass is 280 g/mol. The Balaban J connectivity index is 2.60. The van der Waals surface area contributed by atoms with Gasteiger partial charge < -0.3 is 10.0 Å². The summed E-state index contributed by atoms with van der Waals surface area (Å²) in [7, 11) is 3.54. The average Bonchev–Trinajstić information content (AvgIpc) is 2.82. The van der Waals surface area contributed by atoms with Crippen LogP contribution in [0.2, 0.25) is 0 Å². The fraction of sp³-hybridized carbons (Fsp3) is 0.500. The molecule has 1 amide bonds. The second-order valence-electron chi connectivity index (χ2n) is 4.32. The van der Waals surface area contributed by atoms with Crippen molar-refractivity contribution < 1.29 is 9.90 Å². The summed E-state index contributed by atoms with van der Waals surface area (Å²) in [5.41, 5.74) is 0. The number of nitrogens with zero attached hydrogens (tertiary/aromatic N) is 2. The van der Waals surface area contributed by atoms with Crippen LogP contribution in [0.5, 0.6) is 0 Å². The minimum Gasteiger partial charge on any atom is -0.384 e. The van der Waals surface area contributed by atoms with Gasteiger partial charge in [0.25, 0.3) is 0 Å². The number of carbonyl (C=O) groups is 1. The van der Waals surface area contributed by atoms with Crippen LogP contribution in [0, 0.1) is 11.8 Å². The molecule has 1 rings (SSSR count). The molecule has 104 valence electrons. The third-order valence-electron chi connectivity index (χ3n) is 2.64. The van der Waals surface area contributed by atoms with E-state index in [9.17, 15) is 4.79 Å². The van der Waals surface area contributed by atoms with Gasteiger partial charge in [-0.3, -0.25) is 9.69 Å². The number of thiophene rings is 1. The molecule has 0 radical (unpaired) electrons. The van der Waals surface area contributed by atoms with Crippen LogP contribution in [0.3, 0.4) is 0 Å². The Labute approximate surface area is 118 Å². The number of hydrogen-bond acceptors (Lipinski definition) is 4. The van der Waals surface area contributed by atoms with Gasteiger partial charge in [-0.05, 0) is 18.7 Å². The maximum Gasteiger partial charge on any atom is 0.236 e. The Hall–Kier alpha value is -1.35. The molecule has 0 aliphatic carbocycles. The number of hydrogen-bond donors (Lipinski definition) is 1. The van der Waals surface area contributed by atoms with Gasteiger partial charge in [0, 0.05) is 25.5 Å². The van der Waals surface area contributed by atoms with Gasteiger partial charge in [-0.25, -0.2) is 0 Å². The topological polar surface area (TPSA) is 43.8 Å². The van der Waals surface area contributed by atoms with E-state index in [0.717, 1.165) is 18.0 Å². The van der Waals surface area contributed by atoms with Gasteiger partial charge in [0.05, 0.1) is 11.4 Å². The lowest BCUT2D eigenvalue weighted by Gasteiger charge is -2.21. The van der Waals surface area contributed by atoms with E-state index in [1.54, 1.807) is 30.3 Å². The average molecular weight is 280 g/mol. The molecule has 0 bridgehead atoms. The smallest absolute Gasteiger partial charge is 0.236 e. The van der Waals surface area contributed by atoms with Crippen LogP contribution in [0.15, 0.2) is 12.1 Å². The summed E-state index contributed by atoms with van der Waals surface area (Å²) in [6.07, 6.45) is 0. The van der Waals surface area contributed by atoms with Crippen LogP contribution in [-0.4, -0.2) is 54.6 Å². The predicted octanol–water partition coefficient (Wildman–Crippen LogP) is 1.00. The second-order valence-corrected chi connectivity index (χ2v) is 5.49. The number of aliphatic hydroxyl groups is 1. The van der Waals surface area contributed by atoms with Crippen molar-refractivity contribution in [2.45, 2.75) is 13.5 Å². The first-order valence-corrected chi connectivity index (χ1v) is 6.99. The van der Waals surface area contributed by atoms with Crippen molar-refractivity contribution in [3.8, 4) is 11.8 Å². The van der Waals surface area contributed by atoms with Crippen LogP contribution in [0.4, 0.5) is 0 Å². The fourth-order valence-corrected chi connectivity index (χ4v) is 2.41. The number of likely N-dealkylation sites (N-methyl/N-ethyl adjacent to an activating group) is 2. The molecule has 4 nitrogen and oxygen atoms in total. The quantitative estimate of drug-likeness (QED) is 0.819. The van der Waals surface area contributed by atoms with Gasteiger partial charge in [0.2, 0.25) is 5.91 Å². The van der Waals surface area contributed by atoms with E-state index in [1.807, 2.05) is 19.1 Å². The van der Waals surface area contributed by atoms with E-state index in [1.165, 1.54) is 4.88 Å². The van der Waals surface area contributed by atoms with E-state index >= 15 is 0 Å². The van der Waals surface area contributed by atoms with Crippen LogP contribution >= 0.6 is 11.3 Å². The van der Waals surface area contributed by atoms with Crippen molar-refractivity contribution in [2.75, 3.05) is 33.8 Å². The first-order chi connectivity index (χ1) is 9.06. The molecule has 5 heteroatoms. The van der Waals surface area contributed by atoms with Gasteiger partial charge >= 0.3 is 0 Å². The van der Waals surface area contributed by atoms with Crippen LogP contribution in [0.25, 0.3) is 0 Å². The number of rotatable bonds is 5. The molecule has 1 aromatic rings. The normalized spacial score (nSPS) is 10.2. The van der Waals surface area contributed by atoms with Crippen molar-refractivity contribution in [3.63, 3.8) is 0 Å². The second kappa shape index (κ2) is 7.95. The lowest BCUT2D eigenvalue weighted by atomic mass is 10.3. The van der Waals surface area contributed by atoms with E-state index in [2.05, 4.69) is 16.7 Å². The molecule has 0 spiro atoms. The van der Waals surface area contributed by atoms with Crippen molar-refractivity contribution in [1.29, 1.82) is 0 Å². The molecule has 0 unspecified atom stereocenters. The van der Waals surface area contributed by atoms with Gasteiger partial charge in [-0.15, -0.1) is 11.3 Å². The largest absolute Gasteiger partial charge is 0.384 e. The van der Waals surface area contributed by atoms with Crippen LogP contribution in [0.1, 0.15) is 16.7 Å². The van der Waals surface area contributed by atoms with Gasteiger partial charge in [-0.1, -0.05) is 18.8 Å². The first-order valence-electron chi connectivity index (χ1n) is 6.17. The Kier molecular flexibility index (Phi) is 6.57. The zero-order chi connectivity index (χ0) is 14.3. The van der Waals surface area contributed by atoms with Crippen LogP contribution in [-0.2, 0) is 11.3 Å². The molecule has 0 aliphatic heterocycles. The summed E-state index contributed by atoms with van der Waals surface area (Å²) in [4.78, 5) is 17.5. The minimum absolute atomic E-state index is 0.110. The third kappa shape index (κ3) is 5.43. The highest BCUT2D eigenvalue weighted by atomic mass is 32.1. The Morgan fingerprint density at radius 1 is 1.42 bits per heavy atom. The maximum atomic E-state index is 11.7. The molecule has 0 aliphatic rings. The number of aliphatic hydroxyl groups excluding tert-OH is 1. The molecule has 19 heavy (non-hydrogen) atoms. The third-order valence-corrected chi connectivity index (χ3v) is 3.62. The molecule has 1 heterocycles. The summed E-state index contributed by atoms with van der Waals surface area (Å²) in [5.74, 6) is 5.63. The zero-order valence-corrected chi connectivity index (χ0v) is 12.5. The molecule has 0 atom stereocenters. The minimum atomic E-state index is -0.119. The summed E-state index contributed by atoms with van der Waals surface area (Å²) in [5, 5.41) is 8.65. The molecule has 0 fully saturated rings. The van der Waals surface area contributed by atoms with Crippen molar-refractivity contribution in [3.05, 3.63) is 21.9 Å². The molecular weight excluding hydrogens is 260 g/mol. The predicted molar refractivity (Wildman–Crippen MR) is 77.9 cm³/mol. The molecule has 0 saturated carbocycles. The summed E-state index contributed by atoms with van der Waals surface area (Å²) in [6.45, 7) is 3.93.